The lowest BCUT2D eigenvalue weighted by molar-refractivity contribution is 0.629. The van der Waals surface area contributed by atoms with E-state index in [-0.39, 0.29) is 5.82 Å². The molecule has 0 saturated heterocycles. The first-order valence-corrected chi connectivity index (χ1v) is 7.92. The Hall–Kier alpha value is -1.39. The van der Waals surface area contributed by atoms with Crippen LogP contribution in [-0.2, 0) is 6.42 Å². The van der Waals surface area contributed by atoms with Gasteiger partial charge in [0.15, 0.2) is 0 Å². The molecule has 0 amide bonds. The number of aryl methyl sites for hydroxylation is 2. The third-order valence-corrected chi connectivity index (χ3v) is 4.09. The van der Waals surface area contributed by atoms with Crippen LogP contribution in [0.15, 0.2) is 40.9 Å². The standard InChI is InChI=1S/C16H13BrClFN2/c1-10-8-11(17)2-4-14(10)21-15-5-3-12(19)9-13(15)20-16(21)6-7-18/h2-5,8-9H,6-7H2,1H3. The van der Waals surface area contributed by atoms with Crippen LogP contribution < -0.4 is 0 Å². The number of aromatic nitrogens is 2. The van der Waals surface area contributed by atoms with Crippen molar-refractivity contribution in [2.45, 2.75) is 13.3 Å². The van der Waals surface area contributed by atoms with Crippen LogP contribution in [0.2, 0.25) is 0 Å². The van der Waals surface area contributed by atoms with Crippen molar-refractivity contribution in [3.63, 3.8) is 0 Å². The van der Waals surface area contributed by atoms with Crippen LogP contribution in [0, 0.1) is 12.7 Å². The molecule has 1 aromatic heterocycles. The topological polar surface area (TPSA) is 17.8 Å². The number of alkyl halides is 1. The molecule has 0 aliphatic heterocycles. The Balaban J connectivity index is 2.30. The van der Waals surface area contributed by atoms with Gasteiger partial charge in [-0.1, -0.05) is 15.9 Å². The SMILES string of the molecule is Cc1cc(Br)ccc1-n1c(CCCl)nc2cc(F)ccc21. The van der Waals surface area contributed by atoms with Gasteiger partial charge in [-0.15, -0.1) is 11.6 Å². The molecule has 0 radical (unpaired) electrons. The Kier molecular flexibility index (Phi) is 4.00. The minimum Gasteiger partial charge on any atom is -0.296 e. The molecule has 0 spiro atoms. The summed E-state index contributed by atoms with van der Waals surface area (Å²) >= 11 is 9.36. The van der Waals surface area contributed by atoms with Crippen LogP contribution in [-0.4, -0.2) is 15.4 Å². The van der Waals surface area contributed by atoms with Gasteiger partial charge in [-0.2, -0.15) is 0 Å². The second kappa shape index (κ2) is 5.78. The van der Waals surface area contributed by atoms with Crippen molar-refractivity contribution in [1.29, 1.82) is 0 Å². The van der Waals surface area contributed by atoms with E-state index < -0.39 is 0 Å². The minimum absolute atomic E-state index is 0.280. The third-order valence-electron chi connectivity index (χ3n) is 3.40. The number of hydrogen-bond acceptors (Lipinski definition) is 1. The van der Waals surface area contributed by atoms with E-state index in [1.165, 1.54) is 12.1 Å². The average Bonchev–Trinajstić information content (AvgIpc) is 2.76. The summed E-state index contributed by atoms with van der Waals surface area (Å²) in [5.74, 6) is 1.04. The van der Waals surface area contributed by atoms with E-state index >= 15 is 0 Å². The molecule has 0 bridgehead atoms. The first-order valence-electron chi connectivity index (χ1n) is 6.59. The highest BCUT2D eigenvalue weighted by Crippen LogP contribution is 2.26. The predicted molar refractivity (Wildman–Crippen MR) is 87.9 cm³/mol. The normalized spacial score (nSPS) is 11.2. The van der Waals surface area contributed by atoms with E-state index in [4.69, 9.17) is 11.6 Å². The molecule has 0 fully saturated rings. The van der Waals surface area contributed by atoms with Crippen molar-refractivity contribution in [2.75, 3.05) is 5.88 Å². The molecular weight excluding hydrogens is 355 g/mol. The highest BCUT2D eigenvalue weighted by Gasteiger charge is 2.14. The maximum absolute atomic E-state index is 13.4. The minimum atomic E-state index is -0.280. The molecule has 0 N–H and O–H groups in total. The molecule has 3 rings (SSSR count). The quantitative estimate of drug-likeness (QED) is 0.595. The number of fused-ring (bicyclic) bond motifs is 1. The summed E-state index contributed by atoms with van der Waals surface area (Å²) in [5, 5.41) is 0. The van der Waals surface area contributed by atoms with Gasteiger partial charge in [-0.3, -0.25) is 4.57 Å². The lowest BCUT2D eigenvalue weighted by Gasteiger charge is -2.12. The third kappa shape index (κ3) is 2.70. The Morgan fingerprint density at radius 1 is 1.24 bits per heavy atom. The molecule has 3 aromatic rings. The van der Waals surface area contributed by atoms with Crippen LogP contribution in [0.4, 0.5) is 4.39 Å². The van der Waals surface area contributed by atoms with Gasteiger partial charge >= 0.3 is 0 Å². The van der Waals surface area contributed by atoms with E-state index in [0.29, 0.717) is 17.8 Å². The number of halogens is 3. The molecule has 2 aromatic carbocycles. The van der Waals surface area contributed by atoms with Crippen LogP contribution in [0.25, 0.3) is 16.7 Å². The lowest BCUT2D eigenvalue weighted by atomic mass is 10.2. The lowest BCUT2D eigenvalue weighted by Crippen LogP contribution is -2.04. The van der Waals surface area contributed by atoms with Crippen molar-refractivity contribution in [3.05, 3.63) is 58.1 Å². The fraction of sp³-hybridized carbons (Fsp3) is 0.188. The van der Waals surface area contributed by atoms with Gasteiger partial charge in [0.1, 0.15) is 11.6 Å². The predicted octanol–water partition coefficient (Wildman–Crippen LogP) is 5.02. The highest BCUT2D eigenvalue weighted by molar-refractivity contribution is 9.10. The van der Waals surface area contributed by atoms with E-state index in [2.05, 4.69) is 31.5 Å². The second-order valence-corrected chi connectivity index (χ2v) is 6.16. The van der Waals surface area contributed by atoms with Gasteiger partial charge in [0, 0.05) is 22.8 Å². The van der Waals surface area contributed by atoms with E-state index in [0.717, 1.165) is 27.1 Å². The summed E-state index contributed by atoms with van der Waals surface area (Å²) < 4.78 is 16.5. The van der Waals surface area contributed by atoms with Gasteiger partial charge in [0.05, 0.1) is 16.7 Å². The number of nitrogens with zero attached hydrogens (tertiary/aromatic N) is 2. The van der Waals surface area contributed by atoms with Crippen LogP contribution in [0.1, 0.15) is 11.4 Å². The molecule has 0 atom stereocenters. The van der Waals surface area contributed by atoms with Gasteiger partial charge in [-0.05, 0) is 42.8 Å². The highest BCUT2D eigenvalue weighted by atomic mass is 79.9. The number of rotatable bonds is 3. The van der Waals surface area contributed by atoms with Crippen molar-refractivity contribution < 1.29 is 4.39 Å². The van der Waals surface area contributed by atoms with E-state index in [1.54, 1.807) is 6.07 Å². The summed E-state index contributed by atoms with van der Waals surface area (Å²) in [4.78, 5) is 4.53. The van der Waals surface area contributed by atoms with Crippen molar-refractivity contribution in [3.8, 4) is 5.69 Å². The van der Waals surface area contributed by atoms with Gasteiger partial charge in [0.25, 0.3) is 0 Å². The molecule has 0 aliphatic rings. The van der Waals surface area contributed by atoms with Crippen molar-refractivity contribution in [2.24, 2.45) is 0 Å². The molecule has 21 heavy (non-hydrogen) atoms. The maximum Gasteiger partial charge on any atom is 0.125 e. The fourth-order valence-corrected chi connectivity index (χ4v) is 3.14. The van der Waals surface area contributed by atoms with Crippen LogP contribution >= 0.6 is 27.5 Å². The Labute approximate surface area is 135 Å². The van der Waals surface area contributed by atoms with Crippen molar-refractivity contribution in [1.82, 2.24) is 9.55 Å². The molecule has 108 valence electrons. The summed E-state index contributed by atoms with van der Waals surface area (Å²) in [6, 6.07) is 10.7. The Morgan fingerprint density at radius 2 is 2.05 bits per heavy atom. The summed E-state index contributed by atoms with van der Waals surface area (Å²) in [7, 11) is 0. The summed E-state index contributed by atoms with van der Waals surface area (Å²) in [6.45, 7) is 2.04. The number of imidazole rings is 1. The Bertz CT molecular complexity index is 813. The zero-order valence-corrected chi connectivity index (χ0v) is 13.7. The maximum atomic E-state index is 13.4. The monoisotopic (exact) mass is 366 g/mol. The molecule has 0 saturated carbocycles. The molecule has 1 heterocycles. The fourth-order valence-electron chi connectivity index (χ4n) is 2.49. The molecular formula is C16H13BrClFN2. The van der Waals surface area contributed by atoms with Gasteiger partial charge in [-0.25, -0.2) is 9.37 Å². The number of benzene rings is 2. The first-order chi connectivity index (χ1) is 10.1. The number of hydrogen-bond donors (Lipinski definition) is 0. The van der Waals surface area contributed by atoms with Crippen molar-refractivity contribution >= 4 is 38.6 Å². The largest absolute Gasteiger partial charge is 0.296 e. The van der Waals surface area contributed by atoms with Gasteiger partial charge < -0.3 is 0 Å². The Morgan fingerprint density at radius 3 is 2.76 bits per heavy atom. The molecule has 0 unspecified atom stereocenters. The zero-order chi connectivity index (χ0) is 15.0. The van der Waals surface area contributed by atoms with E-state index in [1.807, 2.05) is 19.1 Å². The van der Waals surface area contributed by atoms with Crippen LogP contribution in [0.5, 0.6) is 0 Å². The second-order valence-electron chi connectivity index (χ2n) is 4.87. The van der Waals surface area contributed by atoms with Gasteiger partial charge in [0.2, 0.25) is 0 Å². The molecule has 0 aliphatic carbocycles. The smallest absolute Gasteiger partial charge is 0.125 e. The van der Waals surface area contributed by atoms with E-state index in [9.17, 15) is 4.39 Å². The zero-order valence-electron chi connectivity index (χ0n) is 11.4. The first kappa shape index (κ1) is 14.5. The molecule has 2 nitrogen and oxygen atoms in total. The summed E-state index contributed by atoms with van der Waals surface area (Å²) in [5.41, 5.74) is 3.69. The average molecular weight is 368 g/mol. The summed E-state index contributed by atoms with van der Waals surface area (Å²) in [6.07, 6.45) is 0.632. The molecule has 5 heteroatoms. The van der Waals surface area contributed by atoms with Crippen LogP contribution in [0.3, 0.4) is 0 Å².